The topological polar surface area (TPSA) is 30.5 Å². The summed E-state index contributed by atoms with van der Waals surface area (Å²) in [7, 11) is 0. The van der Waals surface area contributed by atoms with Gasteiger partial charge in [0.25, 0.3) is 0 Å². The van der Waals surface area contributed by atoms with Crippen molar-refractivity contribution in [2.75, 3.05) is 65.4 Å². The minimum Gasteiger partial charge on any atom is -0.314 e. The van der Waals surface area contributed by atoms with Gasteiger partial charge >= 0.3 is 0 Å². The first-order valence-electron chi connectivity index (χ1n) is 6.73. The molecule has 0 atom stereocenters. The molecule has 0 aliphatic carbocycles. The number of nitrogens with zero attached hydrogens (tertiary/aromatic N) is 2. The van der Waals surface area contributed by atoms with Gasteiger partial charge in [0.2, 0.25) is 0 Å². The van der Waals surface area contributed by atoms with E-state index >= 15 is 0 Å². The average Bonchev–Trinajstić information content (AvgIpc) is 2.41. The van der Waals surface area contributed by atoms with Gasteiger partial charge in [-0.3, -0.25) is 0 Å². The van der Waals surface area contributed by atoms with E-state index in [1.54, 1.807) is 0 Å². The molecule has 2 fully saturated rings. The average molecular weight is 347 g/mol. The Morgan fingerprint density at radius 3 is 1.18 bits per heavy atom. The summed E-state index contributed by atoms with van der Waals surface area (Å²) < 4.78 is 0. The van der Waals surface area contributed by atoms with Crippen molar-refractivity contribution in [3.8, 4) is 0 Å². The minimum absolute atomic E-state index is 0. The smallest absolute Gasteiger partial charge is 0.0107 e. The molecule has 2 aliphatic heterocycles. The minimum atomic E-state index is 0. The molecule has 0 spiro atoms. The number of hydrogen-bond donors (Lipinski definition) is 2. The normalized spacial score (nSPS) is 22.2. The molecule has 0 aromatic carbocycles. The fourth-order valence-corrected chi connectivity index (χ4v) is 2.05. The third kappa shape index (κ3) is 8.37. The van der Waals surface area contributed by atoms with Crippen molar-refractivity contribution in [2.45, 2.75) is 13.8 Å². The molecule has 0 unspecified atom stereocenters. The number of rotatable bonds is 2. The zero-order valence-electron chi connectivity index (χ0n) is 11.5. The summed E-state index contributed by atoms with van der Waals surface area (Å²) in [4.78, 5) is 4.91. The molecule has 2 N–H and O–H groups in total. The van der Waals surface area contributed by atoms with Crippen molar-refractivity contribution in [3.63, 3.8) is 0 Å². The Morgan fingerprint density at radius 1 is 0.706 bits per heavy atom. The molecule has 2 heterocycles. The molecule has 0 aromatic rings. The molecule has 4 nitrogen and oxygen atoms in total. The summed E-state index contributed by atoms with van der Waals surface area (Å²) >= 11 is 0. The van der Waals surface area contributed by atoms with Crippen molar-refractivity contribution in [1.82, 2.24) is 20.4 Å². The molecule has 0 aromatic heterocycles. The van der Waals surface area contributed by atoms with Crippen LogP contribution in [-0.4, -0.2) is 99.2 Å². The van der Waals surface area contributed by atoms with E-state index in [-0.39, 0.29) is 23.9 Å². The third-order valence-corrected chi connectivity index (χ3v) is 3.31. The quantitative estimate of drug-likeness (QED) is 0.656. The van der Waals surface area contributed by atoms with Crippen LogP contribution in [0.15, 0.2) is 0 Å². The molecular formula is C12H28N4Sn. The van der Waals surface area contributed by atoms with Crippen LogP contribution in [0.5, 0.6) is 0 Å². The van der Waals surface area contributed by atoms with E-state index in [2.05, 4.69) is 34.3 Å². The maximum absolute atomic E-state index is 3.31. The summed E-state index contributed by atoms with van der Waals surface area (Å²) in [6, 6.07) is 0. The van der Waals surface area contributed by atoms with Gasteiger partial charge in [-0.15, -0.1) is 0 Å². The summed E-state index contributed by atoms with van der Waals surface area (Å²) in [5, 5.41) is 6.61. The number of likely N-dealkylation sites (N-methyl/N-ethyl adjacent to an activating group) is 2. The molecule has 0 saturated carbocycles. The first kappa shape index (κ1) is 17.6. The zero-order chi connectivity index (χ0) is 11.6. The van der Waals surface area contributed by atoms with Gasteiger partial charge in [0.1, 0.15) is 0 Å². The molecule has 2 aliphatic rings. The van der Waals surface area contributed by atoms with E-state index in [4.69, 9.17) is 0 Å². The van der Waals surface area contributed by atoms with Crippen LogP contribution in [0.3, 0.4) is 0 Å². The summed E-state index contributed by atoms with van der Waals surface area (Å²) in [5.74, 6) is 0. The second-order valence-corrected chi connectivity index (χ2v) is 4.37. The largest absolute Gasteiger partial charge is 0.314 e. The van der Waals surface area contributed by atoms with Gasteiger partial charge in [-0.05, 0) is 13.1 Å². The molecule has 5 heteroatoms. The Labute approximate surface area is 123 Å². The number of nitrogens with one attached hydrogen (secondary N) is 2. The van der Waals surface area contributed by atoms with E-state index < -0.39 is 0 Å². The van der Waals surface area contributed by atoms with Crippen LogP contribution >= 0.6 is 0 Å². The molecule has 2 rings (SSSR count). The Morgan fingerprint density at radius 2 is 1.00 bits per heavy atom. The van der Waals surface area contributed by atoms with Crippen LogP contribution in [0.2, 0.25) is 0 Å². The maximum Gasteiger partial charge on any atom is 0.0107 e. The molecular weight excluding hydrogens is 319 g/mol. The maximum atomic E-state index is 3.31. The third-order valence-electron chi connectivity index (χ3n) is 3.31. The van der Waals surface area contributed by atoms with Crippen molar-refractivity contribution in [2.24, 2.45) is 0 Å². The molecule has 2 saturated heterocycles. The molecule has 0 bridgehead atoms. The van der Waals surface area contributed by atoms with Gasteiger partial charge in [-0.1, -0.05) is 13.8 Å². The predicted octanol–water partition coefficient (Wildman–Crippen LogP) is -0.558. The zero-order valence-corrected chi connectivity index (χ0v) is 14.3. The van der Waals surface area contributed by atoms with Gasteiger partial charge in [0, 0.05) is 76.3 Å². The fourth-order valence-electron chi connectivity index (χ4n) is 2.05. The van der Waals surface area contributed by atoms with Crippen LogP contribution in [-0.2, 0) is 0 Å². The summed E-state index contributed by atoms with van der Waals surface area (Å²) in [6.45, 7) is 16.5. The van der Waals surface area contributed by atoms with Gasteiger partial charge < -0.3 is 20.4 Å². The van der Waals surface area contributed by atoms with Crippen molar-refractivity contribution in [1.29, 1.82) is 0 Å². The Kier molecular flexibility index (Phi) is 12.2. The van der Waals surface area contributed by atoms with E-state index in [9.17, 15) is 0 Å². The Balaban J connectivity index is 0.000000284. The molecule has 0 amide bonds. The van der Waals surface area contributed by atoms with Crippen LogP contribution in [0.25, 0.3) is 0 Å². The van der Waals surface area contributed by atoms with E-state index in [0.717, 1.165) is 0 Å². The number of hydrogen-bond acceptors (Lipinski definition) is 4. The first-order valence-corrected chi connectivity index (χ1v) is 6.73. The van der Waals surface area contributed by atoms with Crippen molar-refractivity contribution < 1.29 is 0 Å². The summed E-state index contributed by atoms with van der Waals surface area (Å²) in [6.07, 6.45) is 0. The van der Waals surface area contributed by atoms with Gasteiger partial charge in [0.15, 0.2) is 0 Å². The Hall–Kier alpha value is 0.639. The van der Waals surface area contributed by atoms with E-state index in [0.29, 0.717) is 0 Å². The SMILES string of the molecule is CCN1CCNCC1.CCN1CCNCC1.[Sn]. The predicted molar refractivity (Wildman–Crippen MR) is 75.7 cm³/mol. The van der Waals surface area contributed by atoms with Crippen LogP contribution in [0.1, 0.15) is 13.8 Å². The van der Waals surface area contributed by atoms with Gasteiger partial charge in [0.05, 0.1) is 0 Å². The standard InChI is InChI=1S/2C6H14N2.Sn/c2*1-2-8-5-3-7-4-6-8;/h2*7H,2-6H2,1H3;. The number of piperazine rings is 2. The monoisotopic (exact) mass is 348 g/mol. The van der Waals surface area contributed by atoms with Gasteiger partial charge in [-0.25, -0.2) is 0 Å². The van der Waals surface area contributed by atoms with Crippen molar-refractivity contribution >= 4 is 23.9 Å². The van der Waals surface area contributed by atoms with Gasteiger partial charge in [-0.2, -0.15) is 0 Å². The molecule has 100 valence electrons. The molecule has 17 heavy (non-hydrogen) atoms. The Bertz CT molecular complexity index is 139. The molecule has 4 radical (unpaired) electrons. The fraction of sp³-hybridized carbons (Fsp3) is 1.00. The second kappa shape index (κ2) is 11.7. The first-order chi connectivity index (χ1) is 7.86. The van der Waals surface area contributed by atoms with Crippen LogP contribution in [0, 0.1) is 0 Å². The summed E-state index contributed by atoms with van der Waals surface area (Å²) in [5.41, 5.74) is 0. The van der Waals surface area contributed by atoms with Crippen LogP contribution < -0.4 is 10.6 Å². The van der Waals surface area contributed by atoms with Crippen molar-refractivity contribution in [3.05, 3.63) is 0 Å². The van der Waals surface area contributed by atoms with E-state index in [1.165, 1.54) is 65.4 Å². The van der Waals surface area contributed by atoms with Crippen LogP contribution in [0.4, 0.5) is 0 Å². The van der Waals surface area contributed by atoms with E-state index in [1.807, 2.05) is 0 Å². The second-order valence-electron chi connectivity index (χ2n) is 4.37.